The second kappa shape index (κ2) is 7.96. The van der Waals surface area contributed by atoms with E-state index in [9.17, 15) is 4.79 Å². The van der Waals surface area contributed by atoms with E-state index in [1.54, 1.807) is 0 Å². The summed E-state index contributed by atoms with van der Waals surface area (Å²) in [4.78, 5) is 17.8. The Morgan fingerprint density at radius 3 is 2.78 bits per heavy atom. The van der Waals surface area contributed by atoms with Crippen LogP contribution in [0.5, 0.6) is 0 Å². The molecule has 2 aromatic rings. The van der Waals surface area contributed by atoms with Gasteiger partial charge in [0.2, 0.25) is 0 Å². The maximum atomic E-state index is 12.8. The van der Waals surface area contributed by atoms with E-state index < -0.39 is 0 Å². The van der Waals surface area contributed by atoms with Crippen molar-refractivity contribution in [1.29, 1.82) is 0 Å². The summed E-state index contributed by atoms with van der Waals surface area (Å²) in [5.41, 5.74) is 1.39. The summed E-state index contributed by atoms with van der Waals surface area (Å²) in [7, 11) is 2.22. The lowest BCUT2D eigenvalue weighted by Crippen LogP contribution is -2.64. The first-order valence-electron chi connectivity index (χ1n) is 9.91. The summed E-state index contributed by atoms with van der Waals surface area (Å²) in [5, 5.41) is 11.3. The van der Waals surface area contributed by atoms with Gasteiger partial charge in [-0.25, -0.2) is 0 Å². The number of ether oxygens (including phenoxy) is 1. The highest BCUT2D eigenvalue weighted by Gasteiger charge is 2.39. The van der Waals surface area contributed by atoms with Crippen molar-refractivity contribution >= 4 is 16.8 Å². The number of aromatic amines is 1. The normalized spacial score (nSPS) is 26.4. The van der Waals surface area contributed by atoms with E-state index in [1.165, 1.54) is 0 Å². The van der Waals surface area contributed by atoms with Crippen LogP contribution in [-0.4, -0.2) is 83.9 Å². The lowest BCUT2D eigenvalue weighted by Gasteiger charge is -2.50. The van der Waals surface area contributed by atoms with Gasteiger partial charge in [-0.15, -0.1) is 0 Å². The number of benzene rings is 1. The van der Waals surface area contributed by atoms with Crippen LogP contribution in [0.15, 0.2) is 24.3 Å². The molecule has 2 aliphatic heterocycles. The lowest BCUT2D eigenvalue weighted by atomic mass is 9.88. The van der Waals surface area contributed by atoms with Crippen molar-refractivity contribution in [3.05, 3.63) is 30.0 Å². The molecule has 1 unspecified atom stereocenters. The van der Waals surface area contributed by atoms with Crippen molar-refractivity contribution in [3.8, 4) is 0 Å². The fourth-order valence-electron chi connectivity index (χ4n) is 4.49. The number of para-hydroxylation sites is 1. The number of aromatic nitrogens is 2. The average molecular weight is 371 g/mol. The molecule has 2 N–H and O–H groups in total. The topological polar surface area (TPSA) is 73.5 Å². The molecule has 3 atom stereocenters. The zero-order chi connectivity index (χ0) is 18.8. The third kappa shape index (κ3) is 3.85. The molecule has 1 amide bonds. The number of piperazine rings is 1. The predicted molar refractivity (Wildman–Crippen MR) is 105 cm³/mol. The fraction of sp³-hybridized carbons (Fsp3) is 0.600. The molecule has 146 valence electrons. The largest absolute Gasteiger partial charge is 0.380 e. The van der Waals surface area contributed by atoms with Gasteiger partial charge in [0.15, 0.2) is 5.69 Å². The van der Waals surface area contributed by atoms with Crippen LogP contribution in [0.1, 0.15) is 30.3 Å². The molecule has 0 aliphatic carbocycles. The zero-order valence-corrected chi connectivity index (χ0v) is 16.1. The second-order valence-electron chi connectivity index (χ2n) is 7.69. The molecule has 2 aliphatic rings. The number of piperidine rings is 1. The molecule has 4 rings (SSSR count). The van der Waals surface area contributed by atoms with Crippen LogP contribution >= 0.6 is 0 Å². The summed E-state index contributed by atoms with van der Waals surface area (Å²) in [6.07, 6.45) is 1.96. The van der Waals surface area contributed by atoms with E-state index in [0.717, 1.165) is 56.6 Å². The van der Waals surface area contributed by atoms with Crippen molar-refractivity contribution in [1.82, 2.24) is 25.3 Å². The van der Waals surface area contributed by atoms with Gasteiger partial charge in [0.25, 0.3) is 5.91 Å². The van der Waals surface area contributed by atoms with E-state index in [2.05, 4.69) is 32.4 Å². The van der Waals surface area contributed by atoms with Gasteiger partial charge in [0.1, 0.15) is 0 Å². The summed E-state index contributed by atoms with van der Waals surface area (Å²) in [5.74, 6) is -0.0757. The van der Waals surface area contributed by atoms with E-state index in [1.807, 2.05) is 31.2 Å². The Labute approximate surface area is 160 Å². The smallest absolute Gasteiger partial charge is 0.272 e. The highest BCUT2D eigenvalue weighted by Crippen LogP contribution is 2.28. The summed E-state index contributed by atoms with van der Waals surface area (Å²) >= 11 is 0. The van der Waals surface area contributed by atoms with Gasteiger partial charge in [0, 0.05) is 49.8 Å². The molecule has 0 radical (unpaired) electrons. The van der Waals surface area contributed by atoms with Gasteiger partial charge in [-0.2, -0.15) is 5.10 Å². The second-order valence-corrected chi connectivity index (χ2v) is 7.69. The Morgan fingerprint density at radius 2 is 2.04 bits per heavy atom. The highest BCUT2D eigenvalue weighted by atomic mass is 16.5. The molecular formula is C20H29N5O2. The van der Waals surface area contributed by atoms with Gasteiger partial charge < -0.3 is 10.1 Å². The van der Waals surface area contributed by atoms with Crippen molar-refractivity contribution in [2.75, 3.05) is 39.9 Å². The molecule has 3 heterocycles. The monoisotopic (exact) mass is 371 g/mol. The molecule has 2 saturated heterocycles. The number of fused-ring (bicyclic) bond motifs is 3. The third-order valence-electron chi connectivity index (χ3n) is 5.98. The van der Waals surface area contributed by atoms with E-state index in [0.29, 0.717) is 17.8 Å². The van der Waals surface area contributed by atoms with E-state index >= 15 is 0 Å². The van der Waals surface area contributed by atoms with Crippen LogP contribution in [0, 0.1) is 0 Å². The minimum absolute atomic E-state index is 0.0757. The molecule has 2 bridgehead atoms. The van der Waals surface area contributed by atoms with Crippen LogP contribution in [0.3, 0.4) is 0 Å². The molecule has 2 fully saturated rings. The Balaban J connectivity index is 1.38. The summed E-state index contributed by atoms with van der Waals surface area (Å²) < 4.78 is 5.51. The van der Waals surface area contributed by atoms with Crippen molar-refractivity contribution in [2.45, 2.75) is 37.9 Å². The number of rotatable bonds is 6. The van der Waals surface area contributed by atoms with Gasteiger partial charge in [-0.1, -0.05) is 18.2 Å². The van der Waals surface area contributed by atoms with Gasteiger partial charge in [0.05, 0.1) is 12.1 Å². The fourth-order valence-corrected chi connectivity index (χ4v) is 4.49. The van der Waals surface area contributed by atoms with Crippen LogP contribution in [-0.2, 0) is 4.74 Å². The molecule has 27 heavy (non-hydrogen) atoms. The predicted octanol–water partition coefficient (Wildman–Crippen LogP) is 1.48. The Bertz CT molecular complexity index is 776. The molecule has 7 heteroatoms. The van der Waals surface area contributed by atoms with Gasteiger partial charge in [-0.3, -0.25) is 19.7 Å². The lowest BCUT2D eigenvalue weighted by molar-refractivity contribution is -0.0119. The van der Waals surface area contributed by atoms with Crippen molar-refractivity contribution < 1.29 is 9.53 Å². The first-order chi connectivity index (χ1) is 13.2. The molecule has 1 aromatic carbocycles. The van der Waals surface area contributed by atoms with Crippen molar-refractivity contribution in [3.63, 3.8) is 0 Å². The SMILES string of the molecule is CCOCCN1C[C@H]2CC(NC(=O)c3n[nH]c4ccccc34)C[C@@H](C1)N2C. The number of hydrogen-bond donors (Lipinski definition) is 2. The van der Waals surface area contributed by atoms with Crippen LogP contribution in [0.2, 0.25) is 0 Å². The number of hydrogen-bond acceptors (Lipinski definition) is 5. The average Bonchev–Trinajstić information content (AvgIpc) is 3.08. The van der Waals surface area contributed by atoms with E-state index in [-0.39, 0.29) is 11.9 Å². The number of amides is 1. The Morgan fingerprint density at radius 1 is 1.30 bits per heavy atom. The summed E-state index contributed by atoms with van der Waals surface area (Å²) in [6, 6.07) is 8.90. The number of likely N-dealkylation sites (N-methyl/N-ethyl adjacent to an activating group) is 1. The minimum atomic E-state index is -0.0757. The third-order valence-corrected chi connectivity index (χ3v) is 5.98. The van der Waals surface area contributed by atoms with Gasteiger partial charge >= 0.3 is 0 Å². The molecular weight excluding hydrogens is 342 g/mol. The first kappa shape index (κ1) is 18.4. The number of nitrogens with zero attached hydrogens (tertiary/aromatic N) is 3. The van der Waals surface area contributed by atoms with Crippen LogP contribution in [0.25, 0.3) is 10.9 Å². The number of H-pyrrole nitrogens is 1. The summed E-state index contributed by atoms with van der Waals surface area (Å²) in [6.45, 7) is 6.68. The first-order valence-corrected chi connectivity index (χ1v) is 9.91. The Kier molecular flexibility index (Phi) is 5.43. The quantitative estimate of drug-likeness (QED) is 0.753. The van der Waals surface area contributed by atoms with Crippen LogP contribution < -0.4 is 5.32 Å². The molecule has 0 saturated carbocycles. The number of nitrogens with one attached hydrogen (secondary N) is 2. The van der Waals surface area contributed by atoms with Crippen LogP contribution in [0.4, 0.5) is 0 Å². The minimum Gasteiger partial charge on any atom is -0.380 e. The molecule has 7 nitrogen and oxygen atoms in total. The maximum absolute atomic E-state index is 12.8. The van der Waals surface area contributed by atoms with Gasteiger partial charge in [-0.05, 0) is 32.9 Å². The highest BCUT2D eigenvalue weighted by molar-refractivity contribution is 6.04. The zero-order valence-electron chi connectivity index (χ0n) is 16.1. The van der Waals surface area contributed by atoms with E-state index in [4.69, 9.17) is 4.74 Å². The number of carbonyl (C=O) groups is 1. The molecule has 1 aromatic heterocycles. The number of likely N-dealkylation sites (tertiary alicyclic amines) is 1. The Hall–Kier alpha value is -1.96. The standard InChI is InChI=1S/C20H29N5O2/c1-3-27-9-8-25-12-15-10-14(11-16(13-25)24(15)2)21-20(26)19-17-6-4-5-7-18(17)22-23-19/h4-7,14-16H,3,8-13H2,1-2H3,(H,21,26)(H,22,23)/t14?,15-,16+. The number of carbonyl (C=O) groups excluding carboxylic acids is 1. The maximum Gasteiger partial charge on any atom is 0.272 e. The molecule has 0 spiro atoms. The van der Waals surface area contributed by atoms with Crippen molar-refractivity contribution in [2.24, 2.45) is 0 Å².